The van der Waals surface area contributed by atoms with Gasteiger partial charge in [0.2, 0.25) is 0 Å². The van der Waals surface area contributed by atoms with Gasteiger partial charge in [-0.15, -0.1) is 0 Å². The lowest BCUT2D eigenvalue weighted by atomic mass is 10.1. The highest BCUT2D eigenvalue weighted by Crippen LogP contribution is 2.10. The number of methoxy groups -OCH3 is 2. The monoisotopic (exact) mass is 350 g/mol. The zero-order valence-corrected chi connectivity index (χ0v) is 15.4. The number of carbonyl (C=O) groups is 1. The third-order valence-corrected chi connectivity index (χ3v) is 4.01. The van der Waals surface area contributed by atoms with E-state index in [4.69, 9.17) is 18.9 Å². The minimum Gasteiger partial charge on any atom is -0.432 e. The summed E-state index contributed by atoms with van der Waals surface area (Å²) in [5.41, 5.74) is 0. The van der Waals surface area contributed by atoms with E-state index in [0.717, 1.165) is 12.8 Å². The Bertz CT molecular complexity index is 275. The number of carbonyl (C=O) groups excluding carboxylic acids is 1. The van der Waals surface area contributed by atoms with Gasteiger partial charge in [0.1, 0.15) is 13.2 Å². The van der Waals surface area contributed by atoms with Crippen LogP contribution in [-0.4, -0.2) is 68.2 Å². The summed E-state index contributed by atoms with van der Waals surface area (Å²) in [4.78, 5) is 11.4. The highest BCUT2D eigenvalue weighted by Gasteiger charge is 2.15. The van der Waals surface area contributed by atoms with Gasteiger partial charge in [0, 0.05) is 14.2 Å². The van der Waals surface area contributed by atoms with Crippen molar-refractivity contribution in [3.8, 4) is 0 Å². The number of aliphatic hydroxyl groups excluding tert-OH is 2. The molecule has 0 saturated heterocycles. The molecule has 0 radical (unpaired) electrons. The molecule has 4 atom stereocenters. The quantitative estimate of drug-likeness (QED) is 0.464. The number of hydrogen-bond donors (Lipinski definition) is 2. The van der Waals surface area contributed by atoms with Gasteiger partial charge in [-0.1, -0.05) is 13.8 Å². The van der Waals surface area contributed by atoms with Crippen molar-refractivity contribution in [2.45, 2.75) is 76.8 Å². The number of hydrogen-bond acceptors (Lipinski definition) is 7. The topological polar surface area (TPSA) is 94.5 Å². The van der Waals surface area contributed by atoms with Crippen molar-refractivity contribution in [2.24, 2.45) is 0 Å². The Morgan fingerprint density at radius 2 is 1.17 bits per heavy atom. The first kappa shape index (κ1) is 23.1. The van der Waals surface area contributed by atoms with Crippen LogP contribution in [-0.2, 0) is 18.9 Å². The molecule has 24 heavy (non-hydrogen) atoms. The van der Waals surface area contributed by atoms with Crippen molar-refractivity contribution in [2.75, 3.05) is 27.4 Å². The summed E-state index contributed by atoms with van der Waals surface area (Å²) < 4.78 is 20.1. The summed E-state index contributed by atoms with van der Waals surface area (Å²) in [6.45, 7) is 3.76. The van der Waals surface area contributed by atoms with Crippen molar-refractivity contribution in [3.05, 3.63) is 0 Å². The summed E-state index contributed by atoms with van der Waals surface area (Å²) in [7, 11) is 3.27. The molecular weight excluding hydrogens is 316 g/mol. The molecule has 0 fully saturated rings. The molecular formula is C17H34O7. The normalized spacial score (nSPS) is 16.2. The fourth-order valence-corrected chi connectivity index (χ4v) is 2.27. The van der Waals surface area contributed by atoms with Crippen molar-refractivity contribution < 1.29 is 34.0 Å². The van der Waals surface area contributed by atoms with E-state index in [1.165, 1.54) is 0 Å². The lowest BCUT2D eigenvalue weighted by Gasteiger charge is -2.17. The molecule has 0 amide bonds. The number of ether oxygens (including phenoxy) is 4. The Morgan fingerprint density at radius 3 is 1.46 bits per heavy atom. The maximum Gasteiger partial charge on any atom is 0.508 e. The fourth-order valence-electron chi connectivity index (χ4n) is 2.27. The zero-order chi connectivity index (χ0) is 18.4. The van der Waals surface area contributed by atoms with Crippen LogP contribution >= 0.6 is 0 Å². The van der Waals surface area contributed by atoms with Crippen molar-refractivity contribution in [1.82, 2.24) is 0 Å². The number of rotatable bonds is 14. The van der Waals surface area contributed by atoms with Gasteiger partial charge in [0.15, 0.2) is 0 Å². The van der Waals surface area contributed by atoms with Crippen molar-refractivity contribution in [1.29, 1.82) is 0 Å². The minimum atomic E-state index is -0.884. The van der Waals surface area contributed by atoms with E-state index < -0.39 is 18.4 Å². The predicted octanol–water partition coefficient (Wildman–Crippen LogP) is 2.27. The van der Waals surface area contributed by atoms with E-state index in [-0.39, 0.29) is 25.4 Å². The zero-order valence-electron chi connectivity index (χ0n) is 15.4. The second kappa shape index (κ2) is 14.5. The van der Waals surface area contributed by atoms with E-state index in [2.05, 4.69) is 0 Å². The molecule has 0 spiro atoms. The smallest absolute Gasteiger partial charge is 0.432 e. The van der Waals surface area contributed by atoms with Crippen molar-refractivity contribution >= 4 is 6.16 Å². The van der Waals surface area contributed by atoms with Crippen LogP contribution in [0.2, 0.25) is 0 Å². The van der Waals surface area contributed by atoms with Crippen LogP contribution in [0.1, 0.15) is 52.4 Å². The predicted molar refractivity (Wildman–Crippen MR) is 90.0 cm³/mol. The lowest BCUT2D eigenvalue weighted by molar-refractivity contribution is -0.0118. The largest absolute Gasteiger partial charge is 0.508 e. The second-order valence-corrected chi connectivity index (χ2v) is 5.87. The maximum atomic E-state index is 11.4. The molecule has 0 heterocycles. The molecule has 7 heteroatoms. The summed E-state index contributed by atoms with van der Waals surface area (Å²) >= 11 is 0. The summed E-state index contributed by atoms with van der Waals surface area (Å²) in [5, 5.41) is 19.5. The van der Waals surface area contributed by atoms with Gasteiger partial charge in [-0.3, -0.25) is 0 Å². The fraction of sp³-hybridized carbons (Fsp3) is 0.941. The highest BCUT2D eigenvalue weighted by molar-refractivity contribution is 5.59. The van der Waals surface area contributed by atoms with Gasteiger partial charge < -0.3 is 29.2 Å². The van der Waals surface area contributed by atoms with E-state index in [1.807, 2.05) is 13.8 Å². The van der Waals surface area contributed by atoms with Crippen LogP contribution in [0.15, 0.2) is 0 Å². The third kappa shape index (κ3) is 11.6. The van der Waals surface area contributed by atoms with Crippen molar-refractivity contribution in [3.63, 3.8) is 0 Å². The van der Waals surface area contributed by atoms with E-state index in [9.17, 15) is 15.0 Å². The SMILES string of the molecule is CCC(CCC(O)COC(=O)OCC(O)CCC(CC)OC)OC. The molecule has 0 saturated carbocycles. The molecule has 7 nitrogen and oxygen atoms in total. The first-order valence-electron chi connectivity index (χ1n) is 8.67. The first-order valence-corrected chi connectivity index (χ1v) is 8.67. The maximum absolute atomic E-state index is 11.4. The average molecular weight is 350 g/mol. The number of aliphatic hydroxyl groups is 2. The average Bonchev–Trinajstić information content (AvgIpc) is 2.59. The summed E-state index contributed by atoms with van der Waals surface area (Å²) in [6, 6.07) is 0. The molecule has 0 bridgehead atoms. The van der Waals surface area contributed by atoms with Crippen LogP contribution in [0.5, 0.6) is 0 Å². The van der Waals surface area contributed by atoms with Gasteiger partial charge in [-0.05, 0) is 38.5 Å². The van der Waals surface area contributed by atoms with Gasteiger partial charge in [-0.2, -0.15) is 0 Å². The van der Waals surface area contributed by atoms with Gasteiger partial charge in [0.05, 0.1) is 24.4 Å². The Hall–Kier alpha value is -0.890. The molecule has 2 N–H and O–H groups in total. The third-order valence-electron chi connectivity index (χ3n) is 4.01. The van der Waals surface area contributed by atoms with Gasteiger partial charge >= 0.3 is 6.16 Å². The molecule has 144 valence electrons. The Morgan fingerprint density at radius 1 is 0.792 bits per heavy atom. The molecule has 4 unspecified atom stereocenters. The highest BCUT2D eigenvalue weighted by atomic mass is 16.7. The molecule has 0 aliphatic rings. The Balaban J connectivity index is 3.77. The van der Waals surface area contributed by atoms with Gasteiger partial charge in [0.25, 0.3) is 0 Å². The van der Waals surface area contributed by atoms with Crippen LogP contribution in [0.3, 0.4) is 0 Å². The van der Waals surface area contributed by atoms with Crippen LogP contribution in [0.4, 0.5) is 4.79 Å². The van der Waals surface area contributed by atoms with Gasteiger partial charge in [-0.25, -0.2) is 4.79 Å². The molecule has 0 rings (SSSR count). The summed E-state index contributed by atoms with van der Waals surface area (Å²) in [6.07, 6.45) is 1.91. The molecule has 0 aromatic heterocycles. The van der Waals surface area contributed by atoms with Crippen LogP contribution in [0, 0.1) is 0 Å². The minimum absolute atomic E-state index is 0.0980. The van der Waals surface area contributed by atoms with Crippen LogP contribution in [0.25, 0.3) is 0 Å². The molecule has 0 aliphatic carbocycles. The molecule has 0 aliphatic heterocycles. The second-order valence-electron chi connectivity index (χ2n) is 5.87. The Labute approximate surface area is 145 Å². The van der Waals surface area contributed by atoms with E-state index in [1.54, 1.807) is 14.2 Å². The van der Waals surface area contributed by atoms with E-state index in [0.29, 0.717) is 25.7 Å². The first-order chi connectivity index (χ1) is 11.5. The molecule has 0 aromatic carbocycles. The molecule has 0 aromatic rings. The standard InChI is InChI=1S/C17H34O7/c1-5-15(21-3)9-7-13(18)11-23-17(20)24-12-14(19)8-10-16(6-2)22-4/h13-16,18-19H,5-12H2,1-4H3. The lowest BCUT2D eigenvalue weighted by Crippen LogP contribution is -2.24. The van der Waals surface area contributed by atoms with E-state index >= 15 is 0 Å². The summed E-state index contributed by atoms with van der Waals surface area (Å²) in [5.74, 6) is 0. The Kier molecular flexibility index (Phi) is 13.9. The van der Waals surface area contributed by atoms with Crippen LogP contribution < -0.4 is 0 Å².